The summed E-state index contributed by atoms with van der Waals surface area (Å²) in [5.74, 6) is 0.161. The van der Waals surface area contributed by atoms with Gasteiger partial charge in [0.1, 0.15) is 12.6 Å². The second-order valence-corrected chi connectivity index (χ2v) is 41.1. The fourth-order valence-corrected chi connectivity index (χ4v) is 23.8. The molecule has 5 aliphatic heterocycles. The van der Waals surface area contributed by atoms with Crippen LogP contribution in [0, 0.1) is 20.8 Å². The maximum absolute atomic E-state index is 12.6. The number of hydrogen-bond acceptors (Lipinski definition) is 18. The topological polar surface area (TPSA) is 177 Å². The Morgan fingerprint density at radius 3 is 0.935 bits per heavy atom. The zero-order valence-corrected chi connectivity index (χ0v) is 69.3. The van der Waals surface area contributed by atoms with Crippen molar-refractivity contribution in [1.29, 1.82) is 0 Å². The number of carbonyl (C=O) groups excluding carboxylic acids is 2. The minimum atomic E-state index is -3.35. The molecule has 0 bridgehead atoms. The number of para-hydroxylation sites is 7. The van der Waals surface area contributed by atoms with E-state index >= 15 is 0 Å². The third-order valence-electron chi connectivity index (χ3n) is 19.7. The summed E-state index contributed by atoms with van der Waals surface area (Å²) in [6.45, 7) is 16.4. The van der Waals surface area contributed by atoms with E-state index in [2.05, 4.69) is 53.3 Å². The number of hydrogen-bond donors (Lipinski definition) is 2. The van der Waals surface area contributed by atoms with E-state index in [-0.39, 0.29) is 29.1 Å². The number of carbonyl (C=O) groups is 2. The van der Waals surface area contributed by atoms with Gasteiger partial charge in [-0.25, -0.2) is 25.3 Å². The molecule has 2 amide bonds. The average molecular weight is 1630 g/mol. The van der Waals surface area contributed by atoms with Crippen LogP contribution in [-0.2, 0) is 46.8 Å². The number of amides is 2. The summed E-state index contributed by atoms with van der Waals surface area (Å²) < 4.78 is 77.2. The van der Waals surface area contributed by atoms with Crippen LogP contribution in [-0.4, -0.2) is 103 Å². The van der Waals surface area contributed by atoms with Gasteiger partial charge in [0.05, 0.1) is 54.1 Å². The molecule has 0 unspecified atom stereocenters. The molecule has 574 valence electrons. The van der Waals surface area contributed by atoms with Crippen LogP contribution in [0.2, 0.25) is 4.34 Å². The molecular weight excluding hydrogens is 1530 g/mol. The first-order chi connectivity index (χ1) is 52.3. The number of rotatable bonds is 18. The molecule has 108 heavy (non-hydrogen) atoms. The lowest BCUT2D eigenvalue weighted by atomic mass is 10.1. The van der Waals surface area contributed by atoms with E-state index in [4.69, 9.17) is 11.6 Å². The average Bonchev–Trinajstić information content (AvgIpc) is 1.45. The first-order valence-electron chi connectivity index (χ1n) is 37.7. The van der Waals surface area contributed by atoms with Gasteiger partial charge in [-0.3, -0.25) is 9.59 Å². The SMILES string of the molecule is Cc1ccc(C(=O)Nc2ccccc2N2CCCCC2)s1.Cc1ccc(C(=O)Nc2ccccc2N2CCCCCC2)s1.Cc1ccc(S(=O)(=O)Cc2ccccc2N2CCCCC2)s1.O=S(=O)(Cc1ccccc1N1CCCCC1)c1ccc(Cl)s1.O=S(=O)(Cc1ccccc1N1CCCCC1)c1cccs1. The Morgan fingerprint density at radius 1 is 0.324 bits per heavy atom. The predicted molar refractivity (Wildman–Crippen MR) is 457 cm³/mol. The summed E-state index contributed by atoms with van der Waals surface area (Å²) in [7, 11) is -9.85. The number of nitrogens with one attached hydrogen (secondary N) is 2. The van der Waals surface area contributed by atoms with Crippen molar-refractivity contribution in [3.05, 3.63) is 233 Å². The Morgan fingerprint density at radius 2 is 0.620 bits per heavy atom. The normalized spacial score (nSPS) is 15.7. The summed E-state index contributed by atoms with van der Waals surface area (Å²) in [5, 5.41) is 7.96. The van der Waals surface area contributed by atoms with Crippen molar-refractivity contribution in [2.75, 3.05) is 101 Å². The first-order valence-corrected chi connectivity index (χ1v) is 47.2. The Bertz CT molecular complexity index is 4740. The highest BCUT2D eigenvalue weighted by atomic mass is 35.5. The van der Waals surface area contributed by atoms with E-state index in [9.17, 15) is 34.8 Å². The Balaban J connectivity index is 0.000000134. The van der Waals surface area contributed by atoms with Crippen LogP contribution in [0.1, 0.15) is 153 Å². The van der Waals surface area contributed by atoms with Crippen LogP contribution in [0.15, 0.2) is 200 Å². The molecule has 0 aliphatic carbocycles. The van der Waals surface area contributed by atoms with Crippen molar-refractivity contribution in [3.63, 3.8) is 0 Å². The number of anilines is 7. The van der Waals surface area contributed by atoms with Gasteiger partial charge in [-0.2, -0.15) is 0 Å². The van der Waals surface area contributed by atoms with Crippen molar-refractivity contribution in [2.24, 2.45) is 0 Å². The van der Waals surface area contributed by atoms with Crippen LogP contribution in [0.25, 0.3) is 0 Å². The number of aryl methyl sites for hydroxylation is 3. The Labute approximate surface area is 665 Å². The highest BCUT2D eigenvalue weighted by Gasteiger charge is 2.27. The van der Waals surface area contributed by atoms with Gasteiger partial charge in [0.25, 0.3) is 11.8 Å². The van der Waals surface area contributed by atoms with Gasteiger partial charge in [0, 0.05) is 97.1 Å². The zero-order valence-electron chi connectivity index (χ0n) is 62.0. The largest absolute Gasteiger partial charge is 0.371 e. The molecule has 15 rings (SSSR count). The fraction of sp³-hybridized carbons (Fsp3) is 0.381. The molecule has 10 heterocycles. The van der Waals surface area contributed by atoms with E-state index < -0.39 is 29.5 Å². The number of nitrogens with zero attached hydrogens (tertiary/aromatic N) is 5. The lowest BCUT2D eigenvalue weighted by Crippen LogP contribution is -2.30. The van der Waals surface area contributed by atoms with Gasteiger partial charge in [0.2, 0.25) is 0 Å². The van der Waals surface area contributed by atoms with Crippen LogP contribution >= 0.6 is 68.3 Å². The standard InChI is InChI=1S/C18H22N2OS.C17H20N2OS.C17H21NO2S2.C16H18ClNO2S2.C16H19NO2S2/c1-14-10-11-17(22-14)18(21)19-15-8-4-5-9-16(15)20-12-6-2-3-7-13-20;1-13-9-10-16(21-13)17(20)18-14-7-3-4-8-15(14)19-11-5-2-6-12-19;1-14-9-10-17(21-14)22(19,20)13-15-7-3-4-8-16(15)18-11-5-2-6-12-18;17-15-8-9-16(21-15)22(19,20)12-13-6-2-3-7-14(13)18-10-4-1-5-11-18;18-21(19,16-9-6-12-20-16)13-14-7-2-3-8-15(14)17-10-4-1-5-11-17/h4-5,8-11H,2-3,6-7,12-13H2,1H3,(H,19,21);3-4,7-10H,2,5-6,11-12H2,1H3,(H,18,20);3-4,7-10H,2,5-6,11-13H2,1H3;2-3,6-9H,1,4-5,10-12H2;2-3,6-9,12H,1,4-5,10-11,13H2. The Kier molecular flexibility index (Phi) is 30.3. The predicted octanol–water partition coefficient (Wildman–Crippen LogP) is 21.1. The fourth-order valence-electron chi connectivity index (χ4n) is 14.2. The Hall–Kier alpha value is -7.32. The molecule has 2 N–H and O–H groups in total. The van der Waals surface area contributed by atoms with Crippen molar-refractivity contribution >= 4 is 149 Å². The summed E-state index contributed by atoms with van der Waals surface area (Å²) in [4.78, 5) is 41.4. The molecule has 24 heteroatoms. The smallest absolute Gasteiger partial charge is 0.265 e. The first kappa shape index (κ1) is 81.7. The second kappa shape index (κ2) is 40.0. The number of piperidine rings is 4. The van der Waals surface area contributed by atoms with Gasteiger partial charge < -0.3 is 35.1 Å². The monoisotopic (exact) mass is 1630 g/mol. The molecule has 15 nitrogen and oxygen atoms in total. The maximum Gasteiger partial charge on any atom is 0.265 e. The number of sulfone groups is 3. The lowest BCUT2D eigenvalue weighted by Gasteiger charge is -2.30. The molecule has 5 fully saturated rings. The van der Waals surface area contributed by atoms with E-state index in [1.807, 2.05) is 160 Å². The van der Waals surface area contributed by atoms with Gasteiger partial charge in [-0.15, -0.1) is 56.7 Å². The van der Waals surface area contributed by atoms with Gasteiger partial charge in [-0.05, 0) is 230 Å². The van der Waals surface area contributed by atoms with Gasteiger partial charge in [0.15, 0.2) is 29.5 Å². The molecule has 5 saturated heterocycles. The van der Waals surface area contributed by atoms with E-state index in [0.717, 1.165) is 158 Å². The maximum atomic E-state index is 12.6. The third-order valence-corrected chi connectivity index (χ3v) is 31.5. The molecule has 10 aromatic rings. The van der Waals surface area contributed by atoms with E-state index in [0.29, 0.717) is 17.0 Å². The minimum absolute atomic E-state index is 0.0135. The number of thiophene rings is 5. The van der Waals surface area contributed by atoms with E-state index in [1.54, 1.807) is 30.3 Å². The highest BCUT2D eigenvalue weighted by molar-refractivity contribution is 7.93. The summed E-state index contributed by atoms with van der Waals surface area (Å²) in [5.41, 5.74) is 10.0. The molecule has 0 radical (unpaired) electrons. The minimum Gasteiger partial charge on any atom is -0.371 e. The molecule has 0 spiro atoms. The lowest BCUT2D eigenvalue weighted by molar-refractivity contribution is 0.102. The highest BCUT2D eigenvalue weighted by Crippen LogP contribution is 2.36. The van der Waals surface area contributed by atoms with Crippen molar-refractivity contribution in [2.45, 2.75) is 153 Å². The number of benzene rings is 5. The number of halogens is 1. The molecule has 5 aromatic carbocycles. The van der Waals surface area contributed by atoms with E-state index in [1.165, 1.54) is 148 Å². The van der Waals surface area contributed by atoms with Crippen LogP contribution in [0.3, 0.4) is 0 Å². The van der Waals surface area contributed by atoms with Crippen LogP contribution in [0.5, 0.6) is 0 Å². The van der Waals surface area contributed by atoms with Crippen molar-refractivity contribution in [3.8, 4) is 0 Å². The summed E-state index contributed by atoms with van der Waals surface area (Å²) >= 11 is 12.7. The summed E-state index contributed by atoms with van der Waals surface area (Å²) in [6, 6.07) is 57.9. The van der Waals surface area contributed by atoms with Crippen molar-refractivity contribution < 1.29 is 34.8 Å². The molecule has 0 atom stereocenters. The quantitative estimate of drug-likeness (QED) is 0.0830. The van der Waals surface area contributed by atoms with Gasteiger partial charge >= 0.3 is 0 Å². The zero-order chi connectivity index (χ0) is 75.9. The molecular formula is C84H100ClN7O8S8. The van der Waals surface area contributed by atoms with Gasteiger partial charge in [-0.1, -0.05) is 109 Å². The van der Waals surface area contributed by atoms with Crippen LogP contribution in [0.4, 0.5) is 39.8 Å². The van der Waals surface area contributed by atoms with Crippen molar-refractivity contribution in [1.82, 2.24) is 0 Å². The molecule has 0 saturated carbocycles. The third kappa shape index (κ3) is 23.4. The molecule has 5 aliphatic rings. The van der Waals surface area contributed by atoms with Crippen LogP contribution < -0.4 is 35.1 Å². The summed E-state index contributed by atoms with van der Waals surface area (Å²) in [6.07, 6.45) is 19.7. The second-order valence-electron chi connectivity index (χ2n) is 27.9. The molecule has 5 aromatic heterocycles.